The lowest BCUT2D eigenvalue weighted by Crippen LogP contribution is -2.47. The van der Waals surface area contributed by atoms with Crippen LogP contribution in [0.5, 0.6) is 0 Å². The molecule has 1 amide bonds. The van der Waals surface area contributed by atoms with Crippen LogP contribution in [0.15, 0.2) is 30.3 Å². The number of ether oxygens (including phenoxy) is 1. The molecule has 1 aromatic carbocycles. The van der Waals surface area contributed by atoms with Gasteiger partial charge in [-0.3, -0.25) is 14.5 Å². The zero-order valence-electron chi connectivity index (χ0n) is 15.7. The first kappa shape index (κ1) is 20.4. The van der Waals surface area contributed by atoms with Crippen LogP contribution >= 0.6 is 0 Å². The molecule has 0 spiro atoms. The molecule has 6 nitrogen and oxygen atoms in total. The maximum atomic E-state index is 12.1. The Balaban J connectivity index is 1.61. The summed E-state index contributed by atoms with van der Waals surface area (Å²) in [6.45, 7) is 6.68. The number of benzene rings is 1. The molecule has 0 aliphatic carbocycles. The Hall–Kier alpha value is -1.92. The van der Waals surface area contributed by atoms with Gasteiger partial charge in [-0.1, -0.05) is 37.3 Å². The summed E-state index contributed by atoms with van der Waals surface area (Å²) in [6, 6.07) is 10.0. The Morgan fingerprint density at radius 2 is 2.04 bits per heavy atom. The third kappa shape index (κ3) is 6.77. The van der Waals surface area contributed by atoms with Gasteiger partial charge >= 0.3 is 5.97 Å². The molecule has 3 unspecified atom stereocenters. The van der Waals surface area contributed by atoms with Crippen LogP contribution in [-0.4, -0.2) is 54.7 Å². The van der Waals surface area contributed by atoms with Crippen molar-refractivity contribution in [1.29, 1.82) is 0 Å². The van der Waals surface area contributed by atoms with Crippen molar-refractivity contribution in [2.24, 2.45) is 11.8 Å². The van der Waals surface area contributed by atoms with E-state index in [0.717, 1.165) is 18.5 Å². The van der Waals surface area contributed by atoms with Crippen LogP contribution in [0.3, 0.4) is 0 Å². The van der Waals surface area contributed by atoms with E-state index in [1.807, 2.05) is 49.1 Å². The van der Waals surface area contributed by atoms with E-state index >= 15 is 0 Å². The van der Waals surface area contributed by atoms with Gasteiger partial charge in [-0.15, -0.1) is 0 Å². The van der Waals surface area contributed by atoms with Gasteiger partial charge in [0.2, 0.25) is 5.91 Å². The first-order valence-electron chi connectivity index (χ1n) is 9.34. The number of carbonyl (C=O) groups is 2. The number of amides is 1. The predicted molar refractivity (Wildman–Crippen MR) is 99.8 cm³/mol. The molecule has 0 aromatic heterocycles. The standard InChI is InChI=1S/C20H30N2O4/c1-15-11-18(20(24)25)13-22(12-15)14-19(23)21-9-6-10-26-16(2)17-7-4-3-5-8-17/h3-5,7-8,15-16,18H,6,9-14H2,1-2H3,(H,21,23)(H,24,25). The van der Waals surface area contributed by atoms with Gasteiger partial charge in [-0.05, 0) is 31.2 Å². The topological polar surface area (TPSA) is 78.9 Å². The molecule has 144 valence electrons. The summed E-state index contributed by atoms with van der Waals surface area (Å²) < 4.78 is 5.79. The quantitative estimate of drug-likeness (QED) is 0.659. The van der Waals surface area contributed by atoms with Crippen LogP contribution < -0.4 is 5.32 Å². The third-order valence-electron chi connectivity index (χ3n) is 4.73. The zero-order chi connectivity index (χ0) is 18.9. The Labute approximate surface area is 155 Å². The fraction of sp³-hybridized carbons (Fsp3) is 0.600. The van der Waals surface area contributed by atoms with Crippen molar-refractivity contribution in [3.05, 3.63) is 35.9 Å². The smallest absolute Gasteiger partial charge is 0.307 e. The molecule has 1 fully saturated rings. The largest absolute Gasteiger partial charge is 0.481 e. The molecule has 2 N–H and O–H groups in total. The molecule has 1 heterocycles. The SMILES string of the molecule is CC1CC(C(=O)O)CN(CC(=O)NCCCOC(C)c2ccccc2)C1. The lowest BCUT2D eigenvalue weighted by molar-refractivity contribution is -0.145. The second-order valence-electron chi connectivity index (χ2n) is 7.20. The summed E-state index contributed by atoms with van der Waals surface area (Å²) in [5.41, 5.74) is 1.14. The Kier molecular flexibility index (Phi) is 8.06. The number of rotatable bonds is 9. The van der Waals surface area contributed by atoms with E-state index in [4.69, 9.17) is 4.74 Å². The average Bonchev–Trinajstić information content (AvgIpc) is 2.61. The van der Waals surface area contributed by atoms with Gasteiger partial charge in [0.1, 0.15) is 0 Å². The molecule has 26 heavy (non-hydrogen) atoms. The third-order valence-corrected chi connectivity index (χ3v) is 4.73. The van der Waals surface area contributed by atoms with Crippen molar-refractivity contribution in [2.45, 2.75) is 32.8 Å². The number of piperidine rings is 1. The molecule has 2 rings (SSSR count). The van der Waals surface area contributed by atoms with E-state index in [0.29, 0.717) is 32.0 Å². The van der Waals surface area contributed by atoms with Crippen LogP contribution in [0.4, 0.5) is 0 Å². The van der Waals surface area contributed by atoms with Crippen molar-refractivity contribution < 1.29 is 19.4 Å². The summed E-state index contributed by atoms with van der Waals surface area (Å²) >= 11 is 0. The minimum absolute atomic E-state index is 0.0368. The highest BCUT2D eigenvalue weighted by Gasteiger charge is 2.30. The number of hydrogen-bond donors (Lipinski definition) is 2. The lowest BCUT2D eigenvalue weighted by Gasteiger charge is -2.34. The molecular formula is C20H30N2O4. The molecule has 3 atom stereocenters. The van der Waals surface area contributed by atoms with Crippen molar-refractivity contribution in [1.82, 2.24) is 10.2 Å². The van der Waals surface area contributed by atoms with E-state index < -0.39 is 5.97 Å². The van der Waals surface area contributed by atoms with Crippen LogP contribution in [0.1, 0.15) is 38.4 Å². The maximum absolute atomic E-state index is 12.1. The number of hydrogen-bond acceptors (Lipinski definition) is 4. The molecule has 0 saturated carbocycles. The van der Waals surface area contributed by atoms with Gasteiger partial charge < -0.3 is 15.2 Å². The molecule has 1 aliphatic rings. The second-order valence-corrected chi connectivity index (χ2v) is 7.20. The molecular weight excluding hydrogens is 332 g/mol. The first-order valence-corrected chi connectivity index (χ1v) is 9.34. The molecule has 6 heteroatoms. The monoisotopic (exact) mass is 362 g/mol. The summed E-state index contributed by atoms with van der Waals surface area (Å²) in [7, 11) is 0. The number of aliphatic carboxylic acids is 1. The number of nitrogens with one attached hydrogen (secondary N) is 1. The first-order chi connectivity index (χ1) is 12.5. The molecule has 0 radical (unpaired) electrons. The van der Waals surface area contributed by atoms with Crippen LogP contribution in [0.2, 0.25) is 0 Å². The highest BCUT2D eigenvalue weighted by molar-refractivity contribution is 5.78. The fourth-order valence-corrected chi connectivity index (χ4v) is 3.41. The Bertz CT molecular complexity index is 578. The van der Waals surface area contributed by atoms with Gasteiger partial charge in [-0.25, -0.2) is 0 Å². The van der Waals surface area contributed by atoms with E-state index in [1.165, 1.54) is 0 Å². The van der Waals surface area contributed by atoms with Crippen molar-refractivity contribution in [2.75, 3.05) is 32.8 Å². The van der Waals surface area contributed by atoms with Crippen molar-refractivity contribution in [3.8, 4) is 0 Å². The van der Waals surface area contributed by atoms with Crippen molar-refractivity contribution >= 4 is 11.9 Å². The van der Waals surface area contributed by atoms with Gasteiger partial charge in [0, 0.05) is 26.2 Å². The van der Waals surface area contributed by atoms with Crippen LogP contribution in [0.25, 0.3) is 0 Å². The normalized spacial score (nSPS) is 21.9. The van der Waals surface area contributed by atoms with Crippen LogP contribution in [-0.2, 0) is 14.3 Å². The van der Waals surface area contributed by atoms with Gasteiger partial charge in [0.05, 0.1) is 18.6 Å². The number of likely N-dealkylation sites (tertiary alicyclic amines) is 1. The summed E-state index contributed by atoms with van der Waals surface area (Å²) in [5, 5.41) is 12.1. The number of nitrogens with zero attached hydrogens (tertiary/aromatic N) is 1. The Morgan fingerprint density at radius 1 is 1.31 bits per heavy atom. The van der Waals surface area contributed by atoms with E-state index in [9.17, 15) is 14.7 Å². The minimum Gasteiger partial charge on any atom is -0.481 e. The molecule has 1 aromatic rings. The maximum Gasteiger partial charge on any atom is 0.307 e. The van der Waals surface area contributed by atoms with Gasteiger partial charge in [0.25, 0.3) is 0 Å². The van der Waals surface area contributed by atoms with E-state index in [1.54, 1.807) is 0 Å². The Morgan fingerprint density at radius 3 is 2.73 bits per heavy atom. The van der Waals surface area contributed by atoms with Crippen molar-refractivity contribution in [3.63, 3.8) is 0 Å². The van der Waals surface area contributed by atoms with E-state index in [2.05, 4.69) is 5.32 Å². The minimum atomic E-state index is -0.772. The van der Waals surface area contributed by atoms with Gasteiger partial charge in [0.15, 0.2) is 0 Å². The number of carboxylic acid groups (broad SMARTS) is 1. The number of carboxylic acids is 1. The zero-order valence-corrected chi connectivity index (χ0v) is 15.7. The summed E-state index contributed by atoms with van der Waals surface area (Å²) in [5.74, 6) is -0.907. The number of carbonyl (C=O) groups excluding carboxylic acids is 1. The van der Waals surface area contributed by atoms with E-state index in [-0.39, 0.29) is 24.5 Å². The molecule has 1 saturated heterocycles. The second kappa shape index (κ2) is 10.3. The molecule has 0 bridgehead atoms. The van der Waals surface area contributed by atoms with Crippen LogP contribution in [0, 0.1) is 11.8 Å². The summed E-state index contributed by atoms with van der Waals surface area (Å²) in [4.78, 5) is 25.2. The van der Waals surface area contributed by atoms with Gasteiger partial charge in [-0.2, -0.15) is 0 Å². The molecule has 1 aliphatic heterocycles. The average molecular weight is 362 g/mol. The fourth-order valence-electron chi connectivity index (χ4n) is 3.41. The summed E-state index contributed by atoms with van der Waals surface area (Å²) in [6.07, 6.45) is 1.47. The highest BCUT2D eigenvalue weighted by Crippen LogP contribution is 2.21. The highest BCUT2D eigenvalue weighted by atomic mass is 16.5. The lowest BCUT2D eigenvalue weighted by atomic mass is 9.90. The predicted octanol–water partition coefficient (Wildman–Crippen LogP) is 2.31.